The molecular weight excluding hydrogens is 303 g/mol. The summed E-state index contributed by atoms with van der Waals surface area (Å²) in [5, 5.41) is 0.828. The Bertz CT molecular complexity index is 388. The van der Waals surface area contributed by atoms with E-state index in [1.54, 1.807) is 0 Å². The fraction of sp³-hybridized carbons (Fsp3) is 0.571. The summed E-state index contributed by atoms with van der Waals surface area (Å²) in [6.45, 7) is 6.52. The van der Waals surface area contributed by atoms with Gasteiger partial charge in [-0.15, -0.1) is 24.8 Å². The zero-order valence-electron chi connectivity index (χ0n) is 11.4. The highest BCUT2D eigenvalue weighted by Gasteiger charge is 2.18. The first-order valence-corrected chi connectivity index (χ1v) is 6.75. The van der Waals surface area contributed by atoms with Gasteiger partial charge in [0.2, 0.25) is 0 Å². The number of nitrogens with zero attached hydrogens (tertiary/aromatic N) is 1. The van der Waals surface area contributed by atoms with Gasteiger partial charge in [0.25, 0.3) is 0 Å². The Kier molecular flexibility index (Phi) is 8.14. The molecule has 1 heterocycles. The van der Waals surface area contributed by atoms with Crippen LogP contribution in [-0.4, -0.2) is 13.1 Å². The van der Waals surface area contributed by atoms with Crippen molar-refractivity contribution in [1.82, 2.24) is 0 Å². The van der Waals surface area contributed by atoms with Crippen LogP contribution < -0.4 is 10.6 Å². The first-order valence-electron chi connectivity index (χ1n) is 6.38. The summed E-state index contributed by atoms with van der Waals surface area (Å²) in [7, 11) is 0. The molecule has 1 aliphatic rings. The van der Waals surface area contributed by atoms with Crippen LogP contribution in [0.1, 0.15) is 38.3 Å². The number of halogens is 3. The summed E-state index contributed by atoms with van der Waals surface area (Å²) in [4.78, 5) is 2.38. The number of hydrogen-bond donors (Lipinski definition) is 1. The smallest absolute Gasteiger partial charge is 0.0642 e. The second-order valence-corrected chi connectivity index (χ2v) is 5.58. The molecule has 0 spiro atoms. The third-order valence-electron chi connectivity index (χ3n) is 3.62. The van der Waals surface area contributed by atoms with E-state index in [2.05, 4.69) is 24.0 Å². The van der Waals surface area contributed by atoms with Crippen molar-refractivity contribution >= 4 is 42.1 Å². The molecule has 1 atom stereocenters. The predicted octanol–water partition coefficient (Wildman–Crippen LogP) is 4.44. The molecule has 1 unspecified atom stereocenters. The third kappa shape index (κ3) is 4.71. The molecule has 0 radical (unpaired) electrons. The van der Waals surface area contributed by atoms with E-state index >= 15 is 0 Å². The van der Waals surface area contributed by atoms with Gasteiger partial charge in [-0.05, 0) is 43.4 Å². The molecule has 0 bridgehead atoms. The van der Waals surface area contributed by atoms with Crippen LogP contribution in [0.4, 0.5) is 5.69 Å². The number of hydrogen-bond acceptors (Lipinski definition) is 2. The largest absolute Gasteiger partial charge is 0.370 e. The monoisotopic (exact) mass is 324 g/mol. The van der Waals surface area contributed by atoms with Crippen LogP contribution in [0.15, 0.2) is 18.2 Å². The van der Waals surface area contributed by atoms with Crippen LogP contribution in [0.3, 0.4) is 0 Å². The van der Waals surface area contributed by atoms with Crippen LogP contribution in [0.5, 0.6) is 0 Å². The van der Waals surface area contributed by atoms with Crippen molar-refractivity contribution in [2.45, 2.75) is 32.7 Å². The van der Waals surface area contributed by atoms with E-state index < -0.39 is 0 Å². The highest BCUT2D eigenvalue weighted by Crippen LogP contribution is 2.31. The van der Waals surface area contributed by atoms with E-state index in [-0.39, 0.29) is 30.9 Å². The molecule has 1 aromatic rings. The Morgan fingerprint density at radius 1 is 1.26 bits per heavy atom. The van der Waals surface area contributed by atoms with Gasteiger partial charge >= 0.3 is 0 Å². The van der Waals surface area contributed by atoms with Crippen molar-refractivity contribution in [3.63, 3.8) is 0 Å². The minimum atomic E-state index is 0. The summed E-state index contributed by atoms with van der Waals surface area (Å²) >= 11 is 6.35. The van der Waals surface area contributed by atoms with Crippen molar-refractivity contribution in [3.05, 3.63) is 28.8 Å². The molecule has 1 fully saturated rings. The molecule has 1 aromatic carbocycles. The van der Waals surface area contributed by atoms with Gasteiger partial charge in [-0.25, -0.2) is 0 Å². The van der Waals surface area contributed by atoms with Crippen molar-refractivity contribution in [3.8, 4) is 0 Å². The molecule has 110 valence electrons. The summed E-state index contributed by atoms with van der Waals surface area (Å²) in [6.07, 6.45) is 2.51. The van der Waals surface area contributed by atoms with E-state index in [4.69, 9.17) is 17.3 Å². The molecule has 2 N–H and O–H groups in total. The molecular formula is C14H23Cl3N2. The van der Waals surface area contributed by atoms with Gasteiger partial charge < -0.3 is 10.6 Å². The maximum atomic E-state index is 6.35. The molecule has 2 rings (SSSR count). The Labute approximate surface area is 133 Å². The van der Waals surface area contributed by atoms with E-state index in [9.17, 15) is 0 Å². The second-order valence-electron chi connectivity index (χ2n) is 5.17. The number of rotatable bonds is 2. The summed E-state index contributed by atoms with van der Waals surface area (Å²) in [5.41, 5.74) is 8.11. The SMILES string of the molecule is CC1CCN(c2ccc(C(C)N)cc2Cl)CC1.Cl.Cl. The number of benzene rings is 1. The van der Waals surface area contributed by atoms with Crippen molar-refractivity contribution in [2.24, 2.45) is 11.7 Å². The minimum absolute atomic E-state index is 0. The average molecular weight is 326 g/mol. The normalized spacial score (nSPS) is 17.4. The highest BCUT2D eigenvalue weighted by molar-refractivity contribution is 6.33. The summed E-state index contributed by atoms with van der Waals surface area (Å²) in [5.74, 6) is 0.841. The zero-order chi connectivity index (χ0) is 12.4. The van der Waals surface area contributed by atoms with Crippen LogP contribution in [0.2, 0.25) is 5.02 Å². The van der Waals surface area contributed by atoms with Gasteiger partial charge in [-0.3, -0.25) is 0 Å². The Morgan fingerprint density at radius 3 is 2.32 bits per heavy atom. The molecule has 0 aliphatic carbocycles. The quantitative estimate of drug-likeness (QED) is 0.871. The average Bonchev–Trinajstić information content (AvgIpc) is 2.30. The molecule has 0 saturated carbocycles. The second kappa shape index (κ2) is 8.21. The molecule has 19 heavy (non-hydrogen) atoms. The van der Waals surface area contributed by atoms with Crippen molar-refractivity contribution in [2.75, 3.05) is 18.0 Å². The van der Waals surface area contributed by atoms with Crippen LogP contribution in [0, 0.1) is 5.92 Å². The van der Waals surface area contributed by atoms with Gasteiger partial charge in [0.15, 0.2) is 0 Å². The molecule has 5 heteroatoms. The Morgan fingerprint density at radius 2 is 1.84 bits per heavy atom. The van der Waals surface area contributed by atoms with Gasteiger partial charge in [0.1, 0.15) is 0 Å². The Balaban J connectivity index is 0.00000162. The van der Waals surface area contributed by atoms with Crippen LogP contribution in [-0.2, 0) is 0 Å². The van der Waals surface area contributed by atoms with E-state index in [1.165, 1.54) is 12.8 Å². The van der Waals surface area contributed by atoms with E-state index in [0.29, 0.717) is 0 Å². The maximum Gasteiger partial charge on any atom is 0.0642 e. The lowest BCUT2D eigenvalue weighted by molar-refractivity contribution is 0.438. The lowest BCUT2D eigenvalue weighted by Crippen LogP contribution is -2.32. The summed E-state index contributed by atoms with van der Waals surface area (Å²) < 4.78 is 0. The molecule has 0 aromatic heterocycles. The van der Waals surface area contributed by atoms with Gasteiger partial charge in [-0.2, -0.15) is 0 Å². The highest BCUT2D eigenvalue weighted by atomic mass is 35.5. The van der Waals surface area contributed by atoms with Gasteiger partial charge in [0, 0.05) is 19.1 Å². The number of nitrogens with two attached hydrogens (primary N) is 1. The van der Waals surface area contributed by atoms with Crippen molar-refractivity contribution in [1.29, 1.82) is 0 Å². The predicted molar refractivity (Wildman–Crippen MR) is 89.2 cm³/mol. The van der Waals surface area contributed by atoms with E-state index in [1.807, 2.05) is 13.0 Å². The number of anilines is 1. The number of piperidine rings is 1. The fourth-order valence-electron chi connectivity index (χ4n) is 2.31. The third-order valence-corrected chi connectivity index (χ3v) is 3.92. The van der Waals surface area contributed by atoms with Crippen LogP contribution in [0.25, 0.3) is 0 Å². The molecule has 2 nitrogen and oxygen atoms in total. The van der Waals surface area contributed by atoms with Crippen molar-refractivity contribution < 1.29 is 0 Å². The molecule has 1 aliphatic heterocycles. The van der Waals surface area contributed by atoms with Gasteiger partial charge in [-0.1, -0.05) is 24.6 Å². The van der Waals surface area contributed by atoms with Gasteiger partial charge in [0.05, 0.1) is 10.7 Å². The standard InChI is InChI=1S/C14H21ClN2.2ClH/c1-10-5-7-17(8-6-10)14-4-3-12(11(2)16)9-13(14)15;;/h3-4,9-11H,5-8,16H2,1-2H3;2*1H. The lowest BCUT2D eigenvalue weighted by Gasteiger charge is -2.33. The molecule has 1 saturated heterocycles. The van der Waals surface area contributed by atoms with Crippen LogP contribution >= 0.6 is 36.4 Å². The maximum absolute atomic E-state index is 6.35. The topological polar surface area (TPSA) is 29.3 Å². The first-order chi connectivity index (χ1) is 8.08. The van der Waals surface area contributed by atoms with E-state index in [0.717, 1.165) is 35.3 Å². The first kappa shape index (κ1) is 18.9. The minimum Gasteiger partial charge on any atom is -0.370 e. The Hall–Kier alpha value is -0.150. The molecule has 0 amide bonds. The summed E-state index contributed by atoms with van der Waals surface area (Å²) in [6, 6.07) is 6.24. The fourth-order valence-corrected chi connectivity index (χ4v) is 2.62. The lowest BCUT2D eigenvalue weighted by atomic mass is 9.98. The zero-order valence-corrected chi connectivity index (χ0v) is 13.8.